The molecule has 2 aromatic carbocycles. The largest absolute Gasteiger partial charge is 0.351 e. The van der Waals surface area contributed by atoms with Gasteiger partial charge in [0.1, 0.15) is 0 Å². The van der Waals surface area contributed by atoms with E-state index in [2.05, 4.69) is 34.7 Å². The number of likely N-dealkylation sites (N-methyl/N-ethyl adjacent to an activating group) is 1. The van der Waals surface area contributed by atoms with Gasteiger partial charge in [-0.05, 0) is 67.3 Å². The molecule has 0 aliphatic rings. The predicted octanol–water partition coefficient (Wildman–Crippen LogP) is 3.94. The Morgan fingerprint density at radius 2 is 1.74 bits per heavy atom. The van der Waals surface area contributed by atoms with E-state index in [4.69, 9.17) is 23.8 Å². The zero-order valence-corrected chi connectivity index (χ0v) is 19.2. The zero-order chi connectivity index (χ0) is 22.6. The van der Waals surface area contributed by atoms with Gasteiger partial charge in [-0.1, -0.05) is 43.6 Å². The first-order valence-electron chi connectivity index (χ1n) is 10.1. The first-order chi connectivity index (χ1) is 14.9. The van der Waals surface area contributed by atoms with Crippen molar-refractivity contribution < 1.29 is 9.59 Å². The molecule has 0 bridgehead atoms. The minimum atomic E-state index is -0.373. The van der Waals surface area contributed by atoms with E-state index in [1.54, 1.807) is 36.4 Å². The molecule has 0 aliphatic heterocycles. The third-order valence-electron chi connectivity index (χ3n) is 4.57. The van der Waals surface area contributed by atoms with E-state index in [-0.39, 0.29) is 16.9 Å². The van der Waals surface area contributed by atoms with Crippen molar-refractivity contribution in [3.63, 3.8) is 0 Å². The molecule has 0 atom stereocenters. The number of hydrogen-bond donors (Lipinski definition) is 3. The minimum Gasteiger partial charge on any atom is -0.351 e. The molecule has 164 valence electrons. The number of halogens is 1. The molecule has 6 nitrogen and oxygen atoms in total. The number of rotatable bonds is 9. The van der Waals surface area contributed by atoms with Crippen molar-refractivity contribution in [1.29, 1.82) is 0 Å². The Morgan fingerprint density at radius 1 is 1.06 bits per heavy atom. The molecule has 3 N–H and O–H groups in total. The van der Waals surface area contributed by atoms with Gasteiger partial charge in [0.2, 0.25) is 5.91 Å². The Labute approximate surface area is 193 Å². The fourth-order valence-corrected chi connectivity index (χ4v) is 3.18. The Bertz CT molecular complexity index is 927. The van der Waals surface area contributed by atoms with Gasteiger partial charge in [-0.25, -0.2) is 0 Å². The summed E-state index contributed by atoms with van der Waals surface area (Å²) in [6, 6.07) is 14.1. The molecule has 0 fully saturated rings. The van der Waals surface area contributed by atoms with Crippen LogP contribution in [-0.2, 0) is 4.79 Å². The van der Waals surface area contributed by atoms with E-state index >= 15 is 0 Å². The summed E-state index contributed by atoms with van der Waals surface area (Å²) in [4.78, 5) is 26.5. The van der Waals surface area contributed by atoms with Crippen LogP contribution < -0.4 is 16.0 Å². The lowest BCUT2D eigenvalue weighted by Crippen LogP contribution is -2.34. The Hall–Kier alpha value is -2.74. The fraction of sp³-hybridized carbons (Fsp3) is 0.261. The average Bonchev–Trinajstić information content (AvgIpc) is 2.76. The summed E-state index contributed by atoms with van der Waals surface area (Å²) in [5, 5.41) is 9.13. The Balaban J connectivity index is 1.81. The molecule has 0 saturated carbocycles. The first-order valence-corrected chi connectivity index (χ1v) is 10.9. The smallest absolute Gasteiger partial charge is 0.251 e. The number of nitrogens with one attached hydrogen (secondary N) is 3. The highest BCUT2D eigenvalue weighted by atomic mass is 35.5. The molecule has 2 rings (SSSR count). The molecular weight excluding hydrogens is 432 g/mol. The highest BCUT2D eigenvalue weighted by Crippen LogP contribution is 2.16. The molecule has 0 aliphatic carbocycles. The van der Waals surface area contributed by atoms with Crippen LogP contribution in [0.3, 0.4) is 0 Å². The molecular formula is C23H27ClN4O2S. The topological polar surface area (TPSA) is 73.5 Å². The van der Waals surface area contributed by atoms with Crippen molar-refractivity contribution in [1.82, 2.24) is 15.5 Å². The highest BCUT2D eigenvalue weighted by Gasteiger charge is 2.07. The van der Waals surface area contributed by atoms with E-state index in [9.17, 15) is 9.59 Å². The third-order valence-corrected chi connectivity index (χ3v) is 5.12. The molecule has 0 unspecified atom stereocenters. The van der Waals surface area contributed by atoms with Crippen molar-refractivity contribution in [3.8, 4) is 0 Å². The summed E-state index contributed by atoms with van der Waals surface area (Å²) in [5.74, 6) is -0.499. The predicted molar refractivity (Wildman–Crippen MR) is 131 cm³/mol. The molecule has 0 spiro atoms. The molecule has 0 heterocycles. The molecule has 8 heteroatoms. The van der Waals surface area contributed by atoms with Crippen molar-refractivity contribution in [3.05, 3.63) is 70.8 Å². The number of nitrogens with zero attached hydrogens (tertiary/aromatic N) is 1. The van der Waals surface area contributed by atoms with Gasteiger partial charge < -0.3 is 15.5 Å². The van der Waals surface area contributed by atoms with Gasteiger partial charge in [-0.15, -0.1) is 0 Å². The number of amides is 2. The summed E-state index contributed by atoms with van der Waals surface area (Å²) >= 11 is 11.2. The number of carbonyl (C=O) groups excluding carboxylic acids is 2. The van der Waals surface area contributed by atoms with Gasteiger partial charge in [0, 0.05) is 35.4 Å². The van der Waals surface area contributed by atoms with Gasteiger partial charge in [-0.2, -0.15) is 0 Å². The maximum atomic E-state index is 12.2. The summed E-state index contributed by atoms with van der Waals surface area (Å²) in [5.41, 5.74) is 1.96. The average molecular weight is 459 g/mol. The molecule has 0 aromatic heterocycles. The minimum absolute atomic E-state index is 0.126. The lowest BCUT2D eigenvalue weighted by molar-refractivity contribution is -0.115. The van der Waals surface area contributed by atoms with Gasteiger partial charge in [0.25, 0.3) is 5.91 Å². The lowest BCUT2D eigenvalue weighted by atomic mass is 10.2. The number of benzene rings is 2. The van der Waals surface area contributed by atoms with Gasteiger partial charge >= 0.3 is 0 Å². The van der Waals surface area contributed by atoms with Gasteiger partial charge in [0.15, 0.2) is 5.11 Å². The second-order valence-electron chi connectivity index (χ2n) is 6.66. The van der Waals surface area contributed by atoms with Crippen LogP contribution in [0.15, 0.2) is 54.6 Å². The van der Waals surface area contributed by atoms with Crippen molar-refractivity contribution in [2.45, 2.75) is 13.8 Å². The van der Waals surface area contributed by atoms with Crippen LogP contribution >= 0.6 is 23.8 Å². The van der Waals surface area contributed by atoms with Crippen molar-refractivity contribution >= 4 is 52.5 Å². The monoisotopic (exact) mass is 458 g/mol. The summed E-state index contributed by atoms with van der Waals surface area (Å²) in [7, 11) is 0. The van der Waals surface area contributed by atoms with Crippen LogP contribution in [0.4, 0.5) is 5.69 Å². The SMILES string of the molecule is CCN(CC)CCNC(=O)c1ccc(NC(=S)NC(=O)/C=C/c2ccccc2Cl)cc1. The maximum absolute atomic E-state index is 12.2. The van der Waals surface area contributed by atoms with E-state index in [0.717, 1.165) is 25.2 Å². The Kier molecular flexibility index (Phi) is 10.2. The molecule has 0 saturated heterocycles. The second kappa shape index (κ2) is 12.8. The van der Waals surface area contributed by atoms with Crippen LogP contribution in [0.1, 0.15) is 29.8 Å². The number of hydrogen-bond acceptors (Lipinski definition) is 4. The standard InChI is InChI=1S/C23H27ClN4O2S/c1-3-28(4-2)16-15-25-22(30)18-9-12-19(13-10-18)26-23(31)27-21(29)14-11-17-7-5-6-8-20(17)24/h5-14H,3-4,15-16H2,1-2H3,(H,25,30)(H2,26,27,29,31)/b14-11+. The third kappa shape index (κ3) is 8.49. The summed E-state index contributed by atoms with van der Waals surface area (Å²) in [6.07, 6.45) is 2.98. The molecule has 2 amide bonds. The lowest BCUT2D eigenvalue weighted by Gasteiger charge is -2.18. The fourth-order valence-electron chi connectivity index (χ4n) is 2.77. The van der Waals surface area contributed by atoms with E-state index in [0.29, 0.717) is 22.8 Å². The molecule has 2 aromatic rings. The van der Waals surface area contributed by atoms with Crippen molar-refractivity contribution in [2.75, 3.05) is 31.5 Å². The van der Waals surface area contributed by atoms with Crippen LogP contribution in [0, 0.1) is 0 Å². The van der Waals surface area contributed by atoms with Crippen LogP contribution in [0.5, 0.6) is 0 Å². The maximum Gasteiger partial charge on any atom is 0.251 e. The van der Waals surface area contributed by atoms with Crippen LogP contribution in [0.25, 0.3) is 6.08 Å². The second-order valence-corrected chi connectivity index (χ2v) is 7.47. The number of carbonyl (C=O) groups is 2. The Morgan fingerprint density at radius 3 is 2.39 bits per heavy atom. The van der Waals surface area contributed by atoms with E-state index in [1.807, 2.05) is 18.2 Å². The quantitative estimate of drug-likeness (QED) is 0.392. The van der Waals surface area contributed by atoms with Crippen LogP contribution in [-0.4, -0.2) is 48.0 Å². The summed E-state index contributed by atoms with van der Waals surface area (Å²) in [6.45, 7) is 7.52. The van der Waals surface area contributed by atoms with E-state index in [1.165, 1.54) is 6.08 Å². The van der Waals surface area contributed by atoms with E-state index < -0.39 is 0 Å². The molecule has 0 radical (unpaired) electrons. The van der Waals surface area contributed by atoms with Crippen molar-refractivity contribution in [2.24, 2.45) is 0 Å². The van der Waals surface area contributed by atoms with Gasteiger partial charge in [0.05, 0.1) is 0 Å². The highest BCUT2D eigenvalue weighted by molar-refractivity contribution is 7.80. The molecule has 31 heavy (non-hydrogen) atoms. The summed E-state index contributed by atoms with van der Waals surface area (Å²) < 4.78 is 0. The number of anilines is 1. The normalized spacial score (nSPS) is 10.8. The van der Waals surface area contributed by atoms with Gasteiger partial charge in [-0.3, -0.25) is 14.9 Å². The van der Waals surface area contributed by atoms with Crippen LogP contribution in [0.2, 0.25) is 5.02 Å². The first kappa shape index (κ1) is 24.5. The number of thiocarbonyl (C=S) groups is 1. The zero-order valence-electron chi connectivity index (χ0n) is 17.7.